The fraction of sp³-hybridized carbons (Fsp3) is 0.375. The van der Waals surface area contributed by atoms with Crippen LogP contribution in [0.3, 0.4) is 0 Å². The van der Waals surface area contributed by atoms with Gasteiger partial charge in [-0.1, -0.05) is 28.1 Å². The smallest absolute Gasteiger partial charge is 0.0348 e. The Morgan fingerprint density at radius 2 is 1.83 bits per heavy atom. The molecule has 0 heterocycles. The molecule has 1 nitrogen and oxygen atoms in total. The van der Waals surface area contributed by atoms with Crippen molar-refractivity contribution in [1.82, 2.24) is 0 Å². The molecule has 2 aliphatic rings. The Morgan fingerprint density at radius 1 is 1.00 bits per heavy atom. The van der Waals surface area contributed by atoms with E-state index in [1.807, 2.05) is 0 Å². The van der Waals surface area contributed by atoms with Gasteiger partial charge in [-0.05, 0) is 66.1 Å². The van der Waals surface area contributed by atoms with Gasteiger partial charge < -0.3 is 5.32 Å². The van der Waals surface area contributed by atoms with Gasteiger partial charge >= 0.3 is 0 Å². The van der Waals surface area contributed by atoms with Crippen LogP contribution in [0.15, 0.2) is 40.9 Å². The maximum Gasteiger partial charge on any atom is 0.0348 e. The Kier molecular flexibility index (Phi) is 2.41. The van der Waals surface area contributed by atoms with Crippen LogP contribution >= 0.6 is 15.9 Å². The zero-order valence-corrected chi connectivity index (χ0v) is 11.8. The Labute approximate surface area is 116 Å². The van der Waals surface area contributed by atoms with Crippen molar-refractivity contribution in [2.45, 2.75) is 25.3 Å². The van der Waals surface area contributed by atoms with Gasteiger partial charge in [0.2, 0.25) is 0 Å². The highest BCUT2D eigenvalue weighted by Crippen LogP contribution is 2.52. The summed E-state index contributed by atoms with van der Waals surface area (Å²) in [7, 11) is 0. The van der Waals surface area contributed by atoms with E-state index in [1.54, 1.807) is 0 Å². The second-order valence-electron chi connectivity index (χ2n) is 5.69. The van der Waals surface area contributed by atoms with Crippen LogP contribution in [0.4, 0.5) is 5.69 Å². The largest absolute Gasteiger partial charge is 0.382 e. The first-order valence-electron chi connectivity index (χ1n) is 6.75. The minimum atomic E-state index is 0.725. The van der Waals surface area contributed by atoms with Crippen molar-refractivity contribution in [1.29, 1.82) is 0 Å². The maximum atomic E-state index is 3.73. The zero-order chi connectivity index (χ0) is 12.1. The van der Waals surface area contributed by atoms with E-state index in [2.05, 4.69) is 57.6 Å². The maximum absolute atomic E-state index is 3.73. The van der Waals surface area contributed by atoms with Crippen molar-refractivity contribution in [2.24, 2.45) is 11.8 Å². The number of anilines is 1. The molecule has 2 fully saturated rings. The van der Waals surface area contributed by atoms with E-state index in [0.29, 0.717) is 0 Å². The summed E-state index contributed by atoms with van der Waals surface area (Å²) in [5, 5.41) is 6.34. The van der Waals surface area contributed by atoms with E-state index in [1.165, 1.54) is 35.7 Å². The van der Waals surface area contributed by atoms with Crippen LogP contribution in [-0.2, 0) is 0 Å². The SMILES string of the molecule is Brc1ccc2cc(NC3CC[C@H]4C[C@@H]34)ccc2c1. The molecule has 0 amide bonds. The van der Waals surface area contributed by atoms with Gasteiger partial charge in [0.1, 0.15) is 0 Å². The molecule has 92 valence electrons. The van der Waals surface area contributed by atoms with Crippen LogP contribution in [0, 0.1) is 11.8 Å². The number of nitrogens with one attached hydrogen (secondary N) is 1. The molecule has 0 aliphatic heterocycles. The molecule has 0 saturated heterocycles. The third-order valence-electron chi connectivity index (χ3n) is 4.50. The lowest BCUT2D eigenvalue weighted by Crippen LogP contribution is -2.18. The Balaban J connectivity index is 1.62. The highest BCUT2D eigenvalue weighted by atomic mass is 79.9. The van der Waals surface area contributed by atoms with E-state index in [-0.39, 0.29) is 0 Å². The molecule has 0 aromatic heterocycles. The van der Waals surface area contributed by atoms with Crippen molar-refractivity contribution in [3.63, 3.8) is 0 Å². The Bertz CT molecular complexity index is 607. The van der Waals surface area contributed by atoms with Crippen molar-refractivity contribution in [3.05, 3.63) is 40.9 Å². The number of hydrogen-bond donors (Lipinski definition) is 1. The summed E-state index contributed by atoms with van der Waals surface area (Å²) in [6.07, 6.45) is 4.24. The van der Waals surface area contributed by atoms with Gasteiger partial charge in [0, 0.05) is 16.2 Å². The number of hydrogen-bond acceptors (Lipinski definition) is 1. The van der Waals surface area contributed by atoms with Crippen LogP contribution in [0.1, 0.15) is 19.3 Å². The fourth-order valence-electron chi connectivity index (χ4n) is 3.40. The lowest BCUT2D eigenvalue weighted by atomic mass is 10.1. The van der Waals surface area contributed by atoms with Gasteiger partial charge in [0.15, 0.2) is 0 Å². The summed E-state index contributed by atoms with van der Waals surface area (Å²) in [6, 6.07) is 13.9. The van der Waals surface area contributed by atoms with Crippen molar-refractivity contribution < 1.29 is 0 Å². The van der Waals surface area contributed by atoms with Crippen LogP contribution in [0.5, 0.6) is 0 Å². The molecule has 0 radical (unpaired) electrons. The molecule has 2 aromatic rings. The first kappa shape index (κ1) is 10.9. The average molecular weight is 302 g/mol. The van der Waals surface area contributed by atoms with E-state index in [4.69, 9.17) is 0 Å². The molecule has 1 unspecified atom stereocenters. The lowest BCUT2D eigenvalue weighted by molar-refractivity contribution is 0.654. The second kappa shape index (κ2) is 3.99. The molecule has 1 N–H and O–H groups in total. The van der Waals surface area contributed by atoms with Gasteiger partial charge in [-0.15, -0.1) is 0 Å². The van der Waals surface area contributed by atoms with Crippen LogP contribution in [0.25, 0.3) is 10.8 Å². The monoisotopic (exact) mass is 301 g/mol. The summed E-state index contributed by atoms with van der Waals surface area (Å²) in [6.45, 7) is 0. The molecule has 2 heteroatoms. The first-order chi connectivity index (χ1) is 8.79. The molecule has 3 atom stereocenters. The highest BCUT2D eigenvalue weighted by Gasteiger charge is 2.47. The third kappa shape index (κ3) is 1.83. The van der Waals surface area contributed by atoms with Crippen LogP contribution in [-0.4, -0.2) is 6.04 Å². The summed E-state index contributed by atoms with van der Waals surface area (Å²) in [5.74, 6) is 2.00. The molecular weight excluding hydrogens is 286 g/mol. The summed E-state index contributed by atoms with van der Waals surface area (Å²) in [4.78, 5) is 0. The normalized spacial score (nSPS) is 29.3. The van der Waals surface area contributed by atoms with E-state index >= 15 is 0 Å². The van der Waals surface area contributed by atoms with Crippen molar-refractivity contribution in [2.75, 3.05) is 5.32 Å². The quantitative estimate of drug-likeness (QED) is 0.839. The standard InChI is InChI=1S/C16H16BrN/c17-13-4-1-11-8-14(5-2-10(11)7-13)18-16-6-3-12-9-15(12)16/h1-2,4-5,7-8,12,15-16,18H,3,6,9H2/t12-,15+,16?/m0/s1. The summed E-state index contributed by atoms with van der Waals surface area (Å²) < 4.78 is 1.15. The molecule has 2 aromatic carbocycles. The molecule has 0 bridgehead atoms. The van der Waals surface area contributed by atoms with Gasteiger partial charge in [-0.2, -0.15) is 0 Å². The lowest BCUT2D eigenvalue weighted by Gasteiger charge is -2.16. The van der Waals surface area contributed by atoms with Crippen LogP contribution < -0.4 is 5.32 Å². The number of halogens is 1. The van der Waals surface area contributed by atoms with Crippen molar-refractivity contribution in [3.8, 4) is 0 Å². The van der Waals surface area contributed by atoms with Crippen molar-refractivity contribution >= 4 is 32.4 Å². The number of fused-ring (bicyclic) bond motifs is 2. The minimum absolute atomic E-state index is 0.725. The van der Waals surface area contributed by atoms with Gasteiger partial charge in [-0.3, -0.25) is 0 Å². The molecular formula is C16H16BrN. The van der Waals surface area contributed by atoms with E-state index in [9.17, 15) is 0 Å². The zero-order valence-electron chi connectivity index (χ0n) is 10.2. The molecule has 4 rings (SSSR count). The van der Waals surface area contributed by atoms with E-state index < -0.39 is 0 Å². The molecule has 2 aliphatic carbocycles. The predicted molar refractivity (Wildman–Crippen MR) is 79.9 cm³/mol. The first-order valence-corrected chi connectivity index (χ1v) is 7.55. The summed E-state index contributed by atoms with van der Waals surface area (Å²) >= 11 is 3.52. The van der Waals surface area contributed by atoms with Crippen LogP contribution in [0.2, 0.25) is 0 Å². The fourth-order valence-corrected chi connectivity index (χ4v) is 3.78. The second-order valence-corrected chi connectivity index (χ2v) is 6.61. The topological polar surface area (TPSA) is 12.0 Å². The third-order valence-corrected chi connectivity index (χ3v) is 4.99. The Morgan fingerprint density at radius 3 is 2.61 bits per heavy atom. The average Bonchev–Trinajstić information content (AvgIpc) is 3.06. The van der Waals surface area contributed by atoms with E-state index in [0.717, 1.165) is 22.4 Å². The molecule has 2 saturated carbocycles. The predicted octanol–water partition coefficient (Wildman–Crippen LogP) is 4.81. The van der Waals surface area contributed by atoms with Gasteiger partial charge in [0.25, 0.3) is 0 Å². The number of rotatable bonds is 2. The Hall–Kier alpha value is -1.02. The van der Waals surface area contributed by atoms with Gasteiger partial charge in [-0.25, -0.2) is 0 Å². The molecule has 18 heavy (non-hydrogen) atoms. The molecule has 0 spiro atoms. The minimum Gasteiger partial charge on any atom is -0.382 e. The number of benzene rings is 2. The summed E-state index contributed by atoms with van der Waals surface area (Å²) in [5.41, 5.74) is 1.28. The highest BCUT2D eigenvalue weighted by molar-refractivity contribution is 9.10. The van der Waals surface area contributed by atoms with Gasteiger partial charge in [0.05, 0.1) is 0 Å².